The van der Waals surface area contributed by atoms with Crippen molar-refractivity contribution < 1.29 is 14.5 Å². The molecule has 28 heavy (non-hydrogen) atoms. The van der Waals surface area contributed by atoms with Crippen molar-refractivity contribution in [3.8, 4) is 11.3 Å². The van der Waals surface area contributed by atoms with Gasteiger partial charge in [-0.25, -0.2) is 4.98 Å². The molecular formula is C21H22N5O2+. The number of hydrogen-bond donors (Lipinski definition) is 2. The van der Waals surface area contributed by atoms with Gasteiger partial charge >= 0.3 is 5.65 Å². The maximum atomic E-state index is 10.0. The Kier molecular flexibility index (Phi) is 4.29. The smallest absolute Gasteiger partial charge is 0.301 e. The summed E-state index contributed by atoms with van der Waals surface area (Å²) < 4.78 is 5.30. The van der Waals surface area contributed by atoms with Crippen LogP contribution >= 0.6 is 0 Å². The average Bonchev–Trinajstić information content (AvgIpc) is 3.42. The van der Waals surface area contributed by atoms with Gasteiger partial charge < -0.3 is 14.4 Å². The second kappa shape index (κ2) is 7.09. The summed E-state index contributed by atoms with van der Waals surface area (Å²) in [5.74, 6) is 0.863. The number of aliphatic hydroxyl groups excluding tert-OH is 1. The Hall–Kier alpha value is -3.19. The highest BCUT2D eigenvalue weighted by molar-refractivity contribution is 5.80. The van der Waals surface area contributed by atoms with Crippen molar-refractivity contribution in [2.24, 2.45) is 0 Å². The molecule has 4 aromatic rings. The molecule has 4 aromatic heterocycles. The Morgan fingerprint density at radius 3 is 2.86 bits per heavy atom. The van der Waals surface area contributed by atoms with Crippen LogP contribution in [0.4, 0.5) is 11.5 Å². The van der Waals surface area contributed by atoms with Gasteiger partial charge in [0.05, 0.1) is 30.0 Å². The first kappa shape index (κ1) is 16.9. The van der Waals surface area contributed by atoms with Crippen LogP contribution in [0.5, 0.6) is 0 Å². The number of aromatic nitrogens is 4. The Bertz CT molecular complexity index is 1070. The molecule has 0 unspecified atom stereocenters. The van der Waals surface area contributed by atoms with Crippen LogP contribution in [0, 0.1) is 0 Å². The average molecular weight is 376 g/mol. The minimum Gasteiger partial charge on any atom is -0.472 e. The van der Waals surface area contributed by atoms with E-state index in [0.29, 0.717) is 0 Å². The number of pyridine rings is 2. The summed E-state index contributed by atoms with van der Waals surface area (Å²) in [6.45, 7) is 0. The number of fused-ring (bicyclic) bond motifs is 1. The van der Waals surface area contributed by atoms with Gasteiger partial charge in [-0.15, -0.1) is 0 Å². The number of anilines is 2. The van der Waals surface area contributed by atoms with E-state index in [1.54, 1.807) is 25.1 Å². The third kappa shape index (κ3) is 3.03. The molecule has 1 fully saturated rings. The Morgan fingerprint density at radius 2 is 2.04 bits per heavy atom. The first-order chi connectivity index (χ1) is 13.8. The van der Waals surface area contributed by atoms with Crippen LogP contribution in [0.15, 0.2) is 59.8 Å². The van der Waals surface area contributed by atoms with Gasteiger partial charge in [0.2, 0.25) is 5.82 Å². The second-order valence-electron chi connectivity index (χ2n) is 7.21. The van der Waals surface area contributed by atoms with Gasteiger partial charge in [0.1, 0.15) is 0 Å². The molecule has 0 bridgehead atoms. The molecule has 0 atom stereocenters. The highest BCUT2D eigenvalue weighted by atomic mass is 16.3. The summed E-state index contributed by atoms with van der Waals surface area (Å²) in [5.41, 5.74) is 4.57. The summed E-state index contributed by atoms with van der Waals surface area (Å²) in [6.07, 6.45) is 10.1. The number of rotatable bonds is 4. The van der Waals surface area contributed by atoms with E-state index in [1.165, 1.54) is 0 Å². The zero-order chi connectivity index (χ0) is 18.9. The second-order valence-corrected chi connectivity index (χ2v) is 7.21. The van der Waals surface area contributed by atoms with E-state index in [4.69, 9.17) is 9.40 Å². The predicted octanol–water partition coefficient (Wildman–Crippen LogP) is 3.47. The third-order valence-corrected chi connectivity index (χ3v) is 5.44. The predicted molar refractivity (Wildman–Crippen MR) is 105 cm³/mol. The lowest BCUT2D eigenvalue weighted by Crippen LogP contribution is -2.37. The molecule has 3 N–H and O–H groups in total. The largest absolute Gasteiger partial charge is 0.472 e. The van der Waals surface area contributed by atoms with Crippen LogP contribution < -0.4 is 9.88 Å². The van der Waals surface area contributed by atoms with Crippen molar-refractivity contribution in [3.05, 3.63) is 55.4 Å². The minimum absolute atomic E-state index is 0.214. The molecule has 1 aliphatic rings. The summed E-state index contributed by atoms with van der Waals surface area (Å²) in [6, 6.07) is 10.3. The minimum atomic E-state index is -0.214. The molecule has 0 amide bonds. The van der Waals surface area contributed by atoms with Gasteiger partial charge in [0.25, 0.3) is 0 Å². The van der Waals surface area contributed by atoms with Crippen LogP contribution in [0.2, 0.25) is 0 Å². The van der Waals surface area contributed by atoms with Gasteiger partial charge in [-0.1, -0.05) is 4.98 Å². The number of H-pyrrole nitrogens is 2. The summed E-state index contributed by atoms with van der Waals surface area (Å²) in [4.78, 5) is 18.1. The summed E-state index contributed by atoms with van der Waals surface area (Å²) in [5, 5.41) is 10.0. The lowest BCUT2D eigenvalue weighted by atomic mass is 9.91. The molecule has 7 heteroatoms. The Balaban J connectivity index is 1.64. The molecule has 0 aliphatic heterocycles. The lowest BCUT2D eigenvalue weighted by Gasteiger charge is -2.36. The van der Waals surface area contributed by atoms with Gasteiger partial charge in [-0.2, -0.15) is 0 Å². The molecule has 0 radical (unpaired) electrons. The van der Waals surface area contributed by atoms with Gasteiger partial charge in [-0.3, -0.25) is 9.97 Å². The van der Waals surface area contributed by atoms with Gasteiger partial charge in [-0.05, 0) is 49.9 Å². The Labute approximate surface area is 162 Å². The molecule has 7 nitrogen and oxygen atoms in total. The van der Waals surface area contributed by atoms with Gasteiger partial charge in [0, 0.05) is 23.9 Å². The molecule has 1 aliphatic carbocycles. The topological polar surface area (TPSA) is 92.3 Å². The van der Waals surface area contributed by atoms with Crippen LogP contribution in [-0.4, -0.2) is 32.2 Å². The Morgan fingerprint density at radius 1 is 1.14 bits per heavy atom. The van der Waals surface area contributed by atoms with E-state index in [0.717, 1.165) is 59.6 Å². The number of imidazole rings is 1. The molecule has 5 rings (SSSR count). The number of aliphatic hydroxyl groups is 1. The molecule has 0 spiro atoms. The maximum absolute atomic E-state index is 10.0. The fourth-order valence-corrected chi connectivity index (χ4v) is 4.03. The number of nitrogens with zero attached hydrogens (tertiary/aromatic N) is 3. The van der Waals surface area contributed by atoms with E-state index in [9.17, 15) is 5.11 Å². The molecular weight excluding hydrogens is 354 g/mol. The van der Waals surface area contributed by atoms with E-state index in [-0.39, 0.29) is 12.1 Å². The van der Waals surface area contributed by atoms with Crippen molar-refractivity contribution in [1.29, 1.82) is 0 Å². The van der Waals surface area contributed by atoms with Crippen molar-refractivity contribution >= 4 is 22.7 Å². The highest BCUT2D eigenvalue weighted by Crippen LogP contribution is 2.38. The van der Waals surface area contributed by atoms with Crippen molar-refractivity contribution in [2.45, 2.75) is 37.8 Å². The maximum Gasteiger partial charge on any atom is 0.301 e. The van der Waals surface area contributed by atoms with Gasteiger partial charge in [0.15, 0.2) is 11.8 Å². The van der Waals surface area contributed by atoms with Crippen LogP contribution in [0.3, 0.4) is 0 Å². The quantitative estimate of drug-likeness (QED) is 0.569. The number of furan rings is 1. The SMILES string of the molecule is OC1CCC(N(c2ccc3[nH]c[nH+]c3n2)c2cccnc2-c2ccoc2)CC1. The first-order valence-electron chi connectivity index (χ1n) is 9.60. The van der Waals surface area contributed by atoms with Crippen LogP contribution in [-0.2, 0) is 0 Å². The monoisotopic (exact) mass is 376 g/mol. The highest BCUT2D eigenvalue weighted by Gasteiger charge is 2.30. The normalized spacial score (nSPS) is 19.8. The molecule has 4 heterocycles. The zero-order valence-corrected chi connectivity index (χ0v) is 15.4. The van der Waals surface area contributed by atoms with E-state index in [2.05, 4.69) is 25.9 Å². The third-order valence-electron chi connectivity index (χ3n) is 5.44. The molecule has 0 saturated heterocycles. The first-order valence-corrected chi connectivity index (χ1v) is 9.60. The standard InChI is InChI=1S/C21H21N5O2/c27-16-5-3-15(4-6-16)26(19-8-7-17-21(25-19)24-13-23-17)18-2-1-10-22-20(18)14-9-11-28-12-14/h1-2,7-13,15-16,27H,3-6H2,(H,23,24,25)/p+1. The van der Waals surface area contributed by atoms with E-state index in [1.807, 2.05) is 24.3 Å². The number of nitrogens with one attached hydrogen (secondary N) is 2. The number of aromatic amines is 2. The van der Waals surface area contributed by atoms with E-state index >= 15 is 0 Å². The molecule has 142 valence electrons. The van der Waals surface area contributed by atoms with Crippen molar-refractivity contribution in [2.75, 3.05) is 4.90 Å². The van der Waals surface area contributed by atoms with Crippen molar-refractivity contribution in [3.63, 3.8) is 0 Å². The van der Waals surface area contributed by atoms with E-state index < -0.39 is 0 Å². The van der Waals surface area contributed by atoms with Crippen molar-refractivity contribution in [1.82, 2.24) is 15.0 Å². The fraction of sp³-hybridized carbons (Fsp3) is 0.286. The lowest BCUT2D eigenvalue weighted by molar-refractivity contribution is -0.347. The number of hydrogen-bond acceptors (Lipinski definition) is 5. The summed E-state index contributed by atoms with van der Waals surface area (Å²) in [7, 11) is 0. The fourth-order valence-electron chi connectivity index (χ4n) is 4.03. The van der Waals surface area contributed by atoms with Crippen LogP contribution in [0.1, 0.15) is 25.7 Å². The molecule has 1 saturated carbocycles. The summed E-state index contributed by atoms with van der Waals surface area (Å²) >= 11 is 0. The molecule has 0 aromatic carbocycles. The van der Waals surface area contributed by atoms with Crippen LogP contribution in [0.25, 0.3) is 22.4 Å². The zero-order valence-electron chi connectivity index (χ0n) is 15.4.